The van der Waals surface area contributed by atoms with Gasteiger partial charge in [-0.1, -0.05) is 28.1 Å². The molecule has 3 N–H and O–H groups in total. The van der Waals surface area contributed by atoms with Gasteiger partial charge in [0.1, 0.15) is 0 Å². The van der Waals surface area contributed by atoms with Gasteiger partial charge in [0.25, 0.3) is 0 Å². The number of hydrogen-bond donors (Lipinski definition) is 2. The van der Waals surface area contributed by atoms with Gasteiger partial charge in [-0.2, -0.15) is 0 Å². The zero-order chi connectivity index (χ0) is 13.1. The summed E-state index contributed by atoms with van der Waals surface area (Å²) in [5.41, 5.74) is 10.1. The van der Waals surface area contributed by atoms with Crippen molar-refractivity contribution < 1.29 is 0 Å². The molecule has 0 aliphatic carbocycles. The van der Waals surface area contributed by atoms with Crippen molar-refractivity contribution in [3.05, 3.63) is 58.1 Å². The third-order valence-electron chi connectivity index (χ3n) is 2.97. The number of nitrogens with one attached hydrogen (secondary N) is 1. The molecule has 2 aromatic carbocycles. The van der Waals surface area contributed by atoms with Gasteiger partial charge in [-0.3, -0.25) is 0 Å². The SMILES string of the molecule is Cc1cc(N)ccc1NC(C)c1cccc(Br)c1. The van der Waals surface area contributed by atoms with E-state index in [4.69, 9.17) is 5.73 Å². The van der Waals surface area contributed by atoms with E-state index in [0.717, 1.165) is 21.4 Å². The largest absolute Gasteiger partial charge is 0.399 e. The minimum Gasteiger partial charge on any atom is -0.399 e. The number of anilines is 2. The van der Waals surface area contributed by atoms with E-state index in [1.165, 1.54) is 5.56 Å². The van der Waals surface area contributed by atoms with Gasteiger partial charge in [0.05, 0.1) is 0 Å². The molecule has 0 saturated carbocycles. The van der Waals surface area contributed by atoms with Gasteiger partial charge >= 0.3 is 0 Å². The number of benzene rings is 2. The molecular weight excluding hydrogens is 288 g/mol. The lowest BCUT2D eigenvalue weighted by atomic mass is 10.1. The van der Waals surface area contributed by atoms with E-state index in [1.54, 1.807) is 0 Å². The zero-order valence-corrected chi connectivity index (χ0v) is 12.2. The van der Waals surface area contributed by atoms with Crippen molar-refractivity contribution >= 4 is 27.3 Å². The summed E-state index contributed by atoms with van der Waals surface area (Å²) in [6, 6.07) is 14.5. The number of aryl methyl sites for hydroxylation is 1. The highest BCUT2D eigenvalue weighted by Crippen LogP contribution is 2.25. The average molecular weight is 305 g/mol. The Morgan fingerprint density at radius 1 is 1.17 bits per heavy atom. The van der Waals surface area contributed by atoms with Crippen LogP contribution in [0.5, 0.6) is 0 Å². The maximum absolute atomic E-state index is 5.76. The summed E-state index contributed by atoms with van der Waals surface area (Å²) in [5.74, 6) is 0. The third kappa shape index (κ3) is 3.05. The van der Waals surface area contributed by atoms with E-state index in [2.05, 4.69) is 47.2 Å². The van der Waals surface area contributed by atoms with Crippen LogP contribution in [0.4, 0.5) is 11.4 Å². The minimum atomic E-state index is 0.254. The molecule has 2 rings (SSSR count). The molecule has 2 nitrogen and oxygen atoms in total. The lowest BCUT2D eigenvalue weighted by Gasteiger charge is -2.18. The second-order valence-corrected chi connectivity index (χ2v) is 5.41. The highest BCUT2D eigenvalue weighted by molar-refractivity contribution is 9.10. The Bertz CT molecular complexity index is 552. The Morgan fingerprint density at radius 3 is 2.61 bits per heavy atom. The summed E-state index contributed by atoms with van der Waals surface area (Å²) in [4.78, 5) is 0. The molecule has 0 heterocycles. The van der Waals surface area contributed by atoms with Crippen LogP contribution in [0, 0.1) is 6.92 Å². The van der Waals surface area contributed by atoms with Gasteiger partial charge in [-0.15, -0.1) is 0 Å². The first-order valence-corrected chi connectivity index (χ1v) is 6.73. The molecule has 0 aliphatic rings. The quantitative estimate of drug-likeness (QED) is 0.819. The molecule has 0 spiro atoms. The smallest absolute Gasteiger partial charge is 0.0486 e. The highest BCUT2D eigenvalue weighted by Gasteiger charge is 2.07. The number of hydrogen-bond acceptors (Lipinski definition) is 2. The molecule has 0 saturated heterocycles. The Balaban J connectivity index is 2.18. The molecule has 3 heteroatoms. The van der Waals surface area contributed by atoms with Crippen LogP contribution in [-0.4, -0.2) is 0 Å². The van der Waals surface area contributed by atoms with Crippen LogP contribution in [0.25, 0.3) is 0 Å². The second-order valence-electron chi connectivity index (χ2n) is 4.50. The van der Waals surface area contributed by atoms with Gasteiger partial charge in [0, 0.05) is 21.9 Å². The fourth-order valence-corrected chi connectivity index (χ4v) is 2.36. The number of nitrogen functional groups attached to an aromatic ring is 1. The van der Waals surface area contributed by atoms with Gasteiger partial charge < -0.3 is 11.1 Å². The lowest BCUT2D eigenvalue weighted by Crippen LogP contribution is -2.07. The first-order chi connectivity index (χ1) is 8.56. The molecule has 1 atom stereocenters. The van der Waals surface area contributed by atoms with Crippen LogP contribution in [0.2, 0.25) is 0 Å². The summed E-state index contributed by atoms with van der Waals surface area (Å²) in [6.07, 6.45) is 0. The highest BCUT2D eigenvalue weighted by atomic mass is 79.9. The van der Waals surface area contributed by atoms with Crippen molar-refractivity contribution in [2.75, 3.05) is 11.1 Å². The monoisotopic (exact) mass is 304 g/mol. The summed E-state index contributed by atoms with van der Waals surface area (Å²) in [5, 5.41) is 3.50. The van der Waals surface area contributed by atoms with E-state index in [0.29, 0.717) is 0 Å². The molecule has 94 valence electrons. The number of halogens is 1. The summed E-state index contributed by atoms with van der Waals surface area (Å²) >= 11 is 3.50. The van der Waals surface area contributed by atoms with Crippen molar-refractivity contribution in [2.24, 2.45) is 0 Å². The first-order valence-electron chi connectivity index (χ1n) is 5.94. The van der Waals surface area contributed by atoms with Crippen molar-refractivity contribution in [2.45, 2.75) is 19.9 Å². The van der Waals surface area contributed by atoms with Gasteiger partial charge in [-0.05, 0) is 55.3 Å². The predicted octanol–water partition coefficient (Wildman–Crippen LogP) is 4.51. The van der Waals surface area contributed by atoms with Crippen molar-refractivity contribution in [3.63, 3.8) is 0 Å². The Kier molecular flexibility index (Phi) is 3.92. The van der Waals surface area contributed by atoms with Crippen molar-refractivity contribution in [1.29, 1.82) is 0 Å². The Morgan fingerprint density at radius 2 is 1.94 bits per heavy atom. The molecule has 0 aliphatic heterocycles. The van der Waals surface area contributed by atoms with Gasteiger partial charge in [-0.25, -0.2) is 0 Å². The van der Waals surface area contributed by atoms with E-state index < -0.39 is 0 Å². The van der Waals surface area contributed by atoms with Crippen LogP contribution in [0.15, 0.2) is 46.9 Å². The first kappa shape index (κ1) is 13.0. The van der Waals surface area contributed by atoms with Crippen LogP contribution >= 0.6 is 15.9 Å². The van der Waals surface area contributed by atoms with Crippen LogP contribution in [0.3, 0.4) is 0 Å². The van der Waals surface area contributed by atoms with Crippen molar-refractivity contribution in [1.82, 2.24) is 0 Å². The van der Waals surface area contributed by atoms with Gasteiger partial charge in [0.15, 0.2) is 0 Å². The lowest BCUT2D eigenvalue weighted by molar-refractivity contribution is 0.881. The summed E-state index contributed by atoms with van der Waals surface area (Å²) < 4.78 is 1.10. The molecule has 0 bridgehead atoms. The molecule has 0 radical (unpaired) electrons. The Labute approximate surface area is 116 Å². The normalized spacial score (nSPS) is 12.2. The minimum absolute atomic E-state index is 0.254. The summed E-state index contributed by atoms with van der Waals surface area (Å²) in [6.45, 7) is 4.21. The number of rotatable bonds is 3. The predicted molar refractivity (Wildman–Crippen MR) is 81.8 cm³/mol. The fourth-order valence-electron chi connectivity index (χ4n) is 1.94. The van der Waals surface area contributed by atoms with Crippen molar-refractivity contribution in [3.8, 4) is 0 Å². The van der Waals surface area contributed by atoms with Crippen LogP contribution < -0.4 is 11.1 Å². The van der Waals surface area contributed by atoms with E-state index in [-0.39, 0.29) is 6.04 Å². The Hall–Kier alpha value is -1.48. The molecule has 18 heavy (non-hydrogen) atoms. The maximum atomic E-state index is 5.76. The van der Waals surface area contributed by atoms with Crippen LogP contribution in [-0.2, 0) is 0 Å². The summed E-state index contributed by atoms with van der Waals surface area (Å²) in [7, 11) is 0. The third-order valence-corrected chi connectivity index (χ3v) is 3.46. The van der Waals surface area contributed by atoms with E-state index >= 15 is 0 Å². The second kappa shape index (κ2) is 5.44. The van der Waals surface area contributed by atoms with E-state index in [9.17, 15) is 0 Å². The molecule has 0 aromatic heterocycles. The zero-order valence-electron chi connectivity index (χ0n) is 10.6. The maximum Gasteiger partial charge on any atom is 0.0486 e. The van der Waals surface area contributed by atoms with Crippen LogP contribution in [0.1, 0.15) is 24.1 Å². The number of nitrogens with two attached hydrogens (primary N) is 1. The standard InChI is InChI=1S/C15H17BrN2/c1-10-8-14(17)6-7-15(10)18-11(2)12-4-3-5-13(16)9-12/h3-9,11,18H,17H2,1-2H3. The molecule has 1 unspecified atom stereocenters. The van der Waals surface area contributed by atoms with E-state index in [1.807, 2.05) is 30.3 Å². The average Bonchev–Trinajstić information content (AvgIpc) is 2.32. The topological polar surface area (TPSA) is 38.0 Å². The molecule has 2 aromatic rings. The van der Waals surface area contributed by atoms with Gasteiger partial charge in [0.2, 0.25) is 0 Å². The fraction of sp³-hybridized carbons (Fsp3) is 0.200. The molecule has 0 amide bonds. The molecule has 0 fully saturated rings. The molecular formula is C15H17BrN2.